The number of hydrogen-bond acceptors (Lipinski definition) is 6. The van der Waals surface area contributed by atoms with E-state index in [1.54, 1.807) is 12.1 Å². The second-order valence-corrected chi connectivity index (χ2v) is 5.85. The highest BCUT2D eigenvalue weighted by atomic mass is 35.5. The molecule has 0 aliphatic carbocycles. The summed E-state index contributed by atoms with van der Waals surface area (Å²) in [6, 6.07) is 5.41. The van der Waals surface area contributed by atoms with Gasteiger partial charge in [0.2, 0.25) is 5.28 Å². The Labute approximate surface area is 143 Å². The number of nitrogens with zero attached hydrogens (tertiary/aromatic N) is 3. The maximum atomic E-state index is 13.7. The average Bonchev–Trinajstić information content (AvgIpc) is 2.96. The fourth-order valence-electron chi connectivity index (χ4n) is 2.28. The lowest BCUT2D eigenvalue weighted by Crippen LogP contribution is -2.12. The minimum absolute atomic E-state index is 0.0227. The van der Waals surface area contributed by atoms with E-state index in [0.29, 0.717) is 12.3 Å². The first kappa shape index (κ1) is 16.4. The van der Waals surface area contributed by atoms with E-state index in [9.17, 15) is 4.39 Å². The second-order valence-electron chi connectivity index (χ2n) is 5.51. The van der Waals surface area contributed by atoms with Gasteiger partial charge in [0.25, 0.3) is 0 Å². The number of aryl methyl sites for hydroxylation is 1. The molecule has 1 aliphatic heterocycles. The van der Waals surface area contributed by atoms with E-state index in [1.807, 2.05) is 19.9 Å². The quantitative estimate of drug-likeness (QED) is 0.829. The molecule has 8 heteroatoms. The Morgan fingerprint density at radius 3 is 3.00 bits per heavy atom. The van der Waals surface area contributed by atoms with Crippen LogP contribution in [0.2, 0.25) is 5.28 Å². The molecule has 0 bridgehead atoms. The van der Waals surface area contributed by atoms with E-state index in [-0.39, 0.29) is 17.2 Å². The third-order valence-electron chi connectivity index (χ3n) is 3.43. The van der Waals surface area contributed by atoms with Gasteiger partial charge in [0.15, 0.2) is 11.6 Å². The topological polar surface area (TPSA) is 68.6 Å². The van der Waals surface area contributed by atoms with Gasteiger partial charge in [-0.15, -0.1) is 0 Å². The van der Waals surface area contributed by atoms with Crippen LogP contribution in [0.25, 0.3) is 0 Å². The first-order valence-corrected chi connectivity index (χ1v) is 7.79. The molecule has 0 saturated heterocycles. The summed E-state index contributed by atoms with van der Waals surface area (Å²) in [7, 11) is 0. The zero-order valence-corrected chi connectivity index (χ0v) is 14.0. The molecule has 6 nitrogen and oxygen atoms in total. The molecule has 2 aromatic rings. The molecule has 2 heterocycles. The molecule has 0 amide bonds. The van der Waals surface area contributed by atoms with Gasteiger partial charge < -0.3 is 14.9 Å². The maximum Gasteiger partial charge on any atom is 0.224 e. The van der Waals surface area contributed by atoms with Crippen molar-refractivity contribution in [3.05, 3.63) is 41.1 Å². The van der Waals surface area contributed by atoms with Crippen molar-refractivity contribution in [3.63, 3.8) is 0 Å². The van der Waals surface area contributed by atoms with Crippen LogP contribution >= 0.6 is 11.6 Å². The Hall–Kier alpha value is -2.41. The zero-order chi connectivity index (χ0) is 17.1. The molecule has 0 fully saturated rings. The van der Waals surface area contributed by atoms with E-state index in [1.165, 1.54) is 0 Å². The van der Waals surface area contributed by atoms with E-state index < -0.39 is 5.82 Å². The highest BCUT2D eigenvalue weighted by molar-refractivity contribution is 6.28. The summed E-state index contributed by atoms with van der Waals surface area (Å²) in [5.41, 5.74) is 2.44. The monoisotopic (exact) mass is 350 g/mol. The number of halogens is 2. The van der Waals surface area contributed by atoms with Gasteiger partial charge in [-0.3, -0.25) is 0 Å². The molecule has 0 saturated carbocycles. The van der Waals surface area contributed by atoms with Gasteiger partial charge in [0, 0.05) is 12.1 Å². The lowest BCUT2D eigenvalue weighted by molar-refractivity contribution is 0.0994. The van der Waals surface area contributed by atoms with Crippen LogP contribution in [0.15, 0.2) is 29.6 Å². The fourth-order valence-corrected chi connectivity index (χ4v) is 2.41. The summed E-state index contributed by atoms with van der Waals surface area (Å²) >= 11 is 5.68. The summed E-state index contributed by atoms with van der Waals surface area (Å²) in [4.78, 5) is 12.5. The average molecular weight is 351 g/mol. The van der Waals surface area contributed by atoms with Crippen molar-refractivity contribution >= 4 is 28.8 Å². The first-order valence-electron chi connectivity index (χ1n) is 7.41. The van der Waals surface area contributed by atoms with Crippen molar-refractivity contribution in [3.8, 4) is 5.75 Å². The highest BCUT2D eigenvalue weighted by Crippen LogP contribution is 2.25. The summed E-state index contributed by atoms with van der Waals surface area (Å²) in [6.45, 7) is 4.24. The molecule has 1 aromatic carbocycles. The predicted molar refractivity (Wildman–Crippen MR) is 89.6 cm³/mol. The summed E-state index contributed by atoms with van der Waals surface area (Å²) in [5.74, 6) is 0.171. The standard InChI is InChI=1S/C16H16ClFN4O2/c1-9-5-11(20-15-13(18)7-19-16(17)21-15)3-4-14(9)23-8-12-6-10(2)24-22-12/h3-5,7,10H,6,8H2,1-2H3,(H,19,20,21). The van der Waals surface area contributed by atoms with Crippen LogP contribution < -0.4 is 10.1 Å². The Balaban J connectivity index is 1.67. The molecule has 0 spiro atoms. The highest BCUT2D eigenvalue weighted by Gasteiger charge is 2.17. The molecule has 126 valence electrons. The van der Waals surface area contributed by atoms with Gasteiger partial charge in [-0.2, -0.15) is 4.98 Å². The first-order chi connectivity index (χ1) is 11.5. The molecular formula is C16H16ClFN4O2. The number of aromatic nitrogens is 2. The minimum Gasteiger partial charge on any atom is -0.487 e. The van der Waals surface area contributed by atoms with E-state index in [2.05, 4.69) is 20.4 Å². The van der Waals surface area contributed by atoms with Gasteiger partial charge in [0.1, 0.15) is 18.5 Å². The van der Waals surface area contributed by atoms with Crippen molar-refractivity contribution in [2.45, 2.75) is 26.4 Å². The van der Waals surface area contributed by atoms with E-state index in [4.69, 9.17) is 21.2 Å². The maximum absolute atomic E-state index is 13.7. The number of anilines is 2. The van der Waals surface area contributed by atoms with Crippen molar-refractivity contribution in [2.24, 2.45) is 5.16 Å². The molecule has 1 aromatic heterocycles. The Kier molecular flexibility index (Phi) is 4.80. The largest absolute Gasteiger partial charge is 0.487 e. The molecular weight excluding hydrogens is 335 g/mol. The van der Waals surface area contributed by atoms with Crippen LogP contribution in [0.5, 0.6) is 5.75 Å². The number of benzene rings is 1. The van der Waals surface area contributed by atoms with Crippen LogP contribution in [0, 0.1) is 12.7 Å². The molecule has 1 N–H and O–H groups in total. The molecule has 1 unspecified atom stereocenters. The molecule has 0 radical (unpaired) electrons. The van der Waals surface area contributed by atoms with Crippen LogP contribution in [-0.2, 0) is 4.84 Å². The number of ether oxygens (including phenoxy) is 1. The number of oxime groups is 1. The number of nitrogens with one attached hydrogen (secondary N) is 1. The lowest BCUT2D eigenvalue weighted by Gasteiger charge is -2.11. The minimum atomic E-state index is -0.578. The normalized spacial score (nSPS) is 16.5. The molecule has 3 rings (SSSR count). The van der Waals surface area contributed by atoms with Crippen molar-refractivity contribution in [1.29, 1.82) is 0 Å². The third kappa shape index (κ3) is 3.91. The molecule has 1 aliphatic rings. The summed E-state index contributed by atoms with van der Waals surface area (Å²) in [6.07, 6.45) is 1.89. The van der Waals surface area contributed by atoms with Gasteiger partial charge in [0.05, 0.1) is 11.9 Å². The van der Waals surface area contributed by atoms with Crippen LogP contribution in [0.3, 0.4) is 0 Å². The second kappa shape index (κ2) is 7.00. The van der Waals surface area contributed by atoms with Crippen LogP contribution in [0.1, 0.15) is 18.9 Å². The van der Waals surface area contributed by atoms with Crippen molar-refractivity contribution in [2.75, 3.05) is 11.9 Å². The van der Waals surface area contributed by atoms with Gasteiger partial charge in [-0.05, 0) is 49.2 Å². The Bertz CT molecular complexity index is 785. The SMILES string of the molecule is Cc1cc(Nc2nc(Cl)ncc2F)ccc1OCC1=NOC(C)C1. The van der Waals surface area contributed by atoms with E-state index >= 15 is 0 Å². The summed E-state index contributed by atoms with van der Waals surface area (Å²) < 4.78 is 19.4. The van der Waals surface area contributed by atoms with Gasteiger partial charge in [-0.25, -0.2) is 9.37 Å². The third-order valence-corrected chi connectivity index (χ3v) is 3.61. The smallest absolute Gasteiger partial charge is 0.224 e. The molecule has 24 heavy (non-hydrogen) atoms. The Morgan fingerprint density at radius 1 is 1.46 bits per heavy atom. The number of rotatable bonds is 5. The van der Waals surface area contributed by atoms with Gasteiger partial charge in [-0.1, -0.05) is 5.16 Å². The Morgan fingerprint density at radius 2 is 2.29 bits per heavy atom. The predicted octanol–water partition coefficient (Wildman–Crippen LogP) is 3.86. The van der Waals surface area contributed by atoms with Crippen LogP contribution in [-0.4, -0.2) is 28.4 Å². The van der Waals surface area contributed by atoms with Crippen molar-refractivity contribution in [1.82, 2.24) is 9.97 Å². The van der Waals surface area contributed by atoms with Crippen molar-refractivity contribution < 1.29 is 14.0 Å². The van der Waals surface area contributed by atoms with Crippen LogP contribution in [0.4, 0.5) is 15.9 Å². The fraction of sp³-hybridized carbons (Fsp3) is 0.312. The molecule has 1 atom stereocenters. The van der Waals surface area contributed by atoms with Gasteiger partial charge >= 0.3 is 0 Å². The summed E-state index contributed by atoms with van der Waals surface area (Å²) in [5, 5.41) is 6.81. The zero-order valence-electron chi connectivity index (χ0n) is 13.2. The van der Waals surface area contributed by atoms with E-state index in [0.717, 1.165) is 29.6 Å². The lowest BCUT2D eigenvalue weighted by atomic mass is 10.2. The number of hydrogen-bond donors (Lipinski definition) is 1.